The predicted octanol–water partition coefficient (Wildman–Crippen LogP) is 4.68. The van der Waals surface area contributed by atoms with Gasteiger partial charge in [-0.2, -0.15) is 0 Å². The van der Waals surface area contributed by atoms with Crippen molar-refractivity contribution < 1.29 is 9.53 Å². The molecule has 2 aliphatic rings. The summed E-state index contributed by atoms with van der Waals surface area (Å²) < 4.78 is 7.76. The van der Waals surface area contributed by atoms with Crippen molar-refractivity contribution in [1.29, 1.82) is 0 Å². The highest BCUT2D eigenvalue weighted by molar-refractivity contribution is 5.98. The molecule has 3 heterocycles. The Morgan fingerprint density at radius 2 is 2.05 bits per heavy atom. The van der Waals surface area contributed by atoms with Gasteiger partial charge in [-0.25, -0.2) is 9.83 Å². The van der Waals surface area contributed by atoms with Gasteiger partial charge in [-0.3, -0.25) is 9.78 Å². The molecule has 1 fully saturated rings. The van der Waals surface area contributed by atoms with Gasteiger partial charge in [-0.15, -0.1) is 0 Å². The quantitative estimate of drug-likeness (QED) is 0.404. The summed E-state index contributed by atoms with van der Waals surface area (Å²) in [5.41, 5.74) is 5.34. The first-order valence-corrected chi connectivity index (χ1v) is 13.3. The first-order chi connectivity index (χ1) is 18.4. The molecule has 1 saturated carbocycles. The van der Waals surface area contributed by atoms with Crippen molar-refractivity contribution in [2.45, 2.75) is 57.7 Å². The summed E-state index contributed by atoms with van der Waals surface area (Å²) in [6.45, 7) is 13.8. The van der Waals surface area contributed by atoms with Crippen molar-refractivity contribution in [3.8, 4) is 5.75 Å². The number of pyridine rings is 1. The lowest BCUT2D eigenvalue weighted by atomic mass is 9.60. The maximum Gasteiger partial charge on any atom is 0.254 e. The number of aromatic nitrogens is 3. The fourth-order valence-electron chi connectivity index (χ4n) is 5.99. The highest BCUT2D eigenvalue weighted by Crippen LogP contribution is 2.51. The number of fused-ring (bicyclic) bond motifs is 2. The number of carbonyl (C=O) groups is 1. The lowest BCUT2D eigenvalue weighted by Gasteiger charge is -2.52. The van der Waals surface area contributed by atoms with Crippen LogP contribution in [0.2, 0.25) is 0 Å². The number of benzene rings is 1. The second-order valence-corrected chi connectivity index (χ2v) is 10.2. The fraction of sp³-hybridized carbons (Fsp3) is 0.448. The minimum atomic E-state index is -0.256. The zero-order valence-electron chi connectivity index (χ0n) is 22.5. The van der Waals surface area contributed by atoms with Crippen LogP contribution in [-0.4, -0.2) is 52.6 Å². The molecule has 9 heteroatoms. The lowest BCUT2D eigenvalue weighted by Crippen LogP contribution is -2.54. The van der Waals surface area contributed by atoms with Crippen LogP contribution in [0.4, 0.5) is 11.6 Å². The van der Waals surface area contributed by atoms with Crippen molar-refractivity contribution >= 4 is 17.5 Å². The Morgan fingerprint density at radius 1 is 1.24 bits per heavy atom. The van der Waals surface area contributed by atoms with Crippen LogP contribution in [0.5, 0.6) is 5.75 Å². The van der Waals surface area contributed by atoms with E-state index in [0.717, 1.165) is 42.0 Å². The van der Waals surface area contributed by atoms with Gasteiger partial charge in [0.05, 0.1) is 31.5 Å². The molecular weight excluding hydrogens is 478 g/mol. The van der Waals surface area contributed by atoms with Gasteiger partial charge in [-0.1, -0.05) is 12.5 Å². The molecule has 0 radical (unpaired) electrons. The molecule has 198 valence electrons. The maximum atomic E-state index is 14.2. The van der Waals surface area contributed by atoms with Crippen molar-refractivity contribution in [3.05, 3.63) is 76.2 Å². The lowest BCUT2D eigenvalue weighted by molar-refractivity contribution is 0.0484. The molecule has 1 spiro atoms. The first-order valence-electron chi connectivity index (χ1n) is 13.3. The normalized spacial score (nSPS) is 16.5. The number of anilines is 1. The third kappa shape index (κ3) is 4.39. The van der Waals surface area contributed by atoms with Crippen LogP contribution in [0.1, 0.15) is 71.9 Å². The third-order valence-corrected chi connectivity index (χ3v) is 7.93. The largest absolute Gasteiger partial charge is 0.505 e. The van der Waals surface area contributed by atoms with E-state index >= 15 is 0 Å². The predicted molar refractivity (Wildman–Crippen MR) is 147 cm³/mol. The summed E-state index contributed by atoms with van der Waals surface area (Å²) in [6.07, 6.45) is 8.56. The Labute approximate surface area is 224 Å². The van der Waals surface area contributed by atoms with Gasteiger partial charge in [0.15, 0.2) is 0 Å². The number of imidazole rings is 1. The van der Waals surface area contributed by atoms with E-state index < -0.39 is 0 Å². The van der Waals surface area contributed by atoms with Gasteiger partial charge < -0.3 is 24.8 Å². The van der Waals surface area contributed by atoms with Gasteiger partial charge in [0.2, 0.25) is 11.6 Å². The average Bonchev–Trinajstić information content (AvgIpc) is 3.35. The topological polar surface area (TPSA) is 88.7 Å². The van der Waals surface area contributed by atoms with Crippen LogP contribution >= 0.6 is 0 Å². The number of carbonyl (C=O) groups excluding carboxylic acids is 1. The molecule has 0 bridgehead atoms. The number of hydrogen-bond donors (Lipinski definition) is 2. The number of ether oxygens (including phenoxy) is 1. The molecule has 1 aliphatic carbocycles. The van der Waals surface area contributed by atoms with Gasteiger partial charge in [0, 0.05) is 49.7 Å². The third-order valence-electron chi connectivity index (χ3n) is 7.93. The van der Waals surface area contributed by atoms with Crippen molar-refractivity contribution in [2.75, 3.05) is 32.6 Å². The van der Waals surface area contributed by atoms with Gasteiger partial charge in [0.1, 0.15) is 5.75 Å². The van der Waals surface area contributed by atoms with E-state index in [1.54, 1.807) is 12.4 Å². The number of amides is 1. The zero-order chi connectivity index (χ0) is 26.9. The zero-order valence-corrected chi connectivity index (χ0v) is 22.5. The van der Waals surface area contributed by atoms with Gasteiger partial charge in [-0.05, 0) is 62.6 Å². The Bertz CT molecular complexity index is 1390. The van der Waals surface area contributed by atoms with Crippen LogP contribution in [0.15, 0.2) is 36.8 Å². The van der Waals surface area contributed by atoms with Crippen molar-refractivity contribution in [2.24, 2.45) is 0 Å². The van der Waals surface area contributed by atoms with Crippen LogP contribution < -0.4 is 15.4 Å². The molecule has 1 unspecified atom stereocenters. The summed E-state index contributed by atoms with van der Waals surface area (Å²) in [4.78, 5) is 28.6. The van der Waals surface area contributed by atoms with Crippen LogP contribution in [0, 0.1) is 6.57 Å². The monoisotopic (exact) mass is 513 g/mol. The van der Waals surface area contributed by atoms with E-state index in [1.165, 1.54) is 11.1 Å². The summed E-state index contributed by atoms with van der Waals surface area (Å²) in [5.74, 6) is 1.33. The highest BCUT2D eigenvalue weighted by atomic mass is 16.5. The van der Waals surface area contributed by atoms with E-state index in [9.17, 15) is 4.79 Å². The molecule has 2 aromatic heterocycles. The number of nitrogens with zero attached hydrogens (tertiary/aromatic N) is 5. The Morgan fingerprint density at radius 3 is 2.71 bits per heavy atom. The van der Waals surface area contributed by atoms with Crippen LogP contribution in [-0.2, 0) is 18.5 Å². The molecule has 38 heavy (non-hydrogen) atoms. The molecule has 1 aromatic carbocycles. The molecule has 1 atom stereocenters. The van der Waals surface area contributed by atoms with Crippen LogP contribution in [0.25, 0.3) is 4.85 Å². The molecule has 2 N–H and O–H groups in total. The Balaban J connectivity index is 1.57. The molecule has 0 saturated heterocycles. The minimum Gasteiger partial charge on any atom is -0.505 e. The molecule has 9 nitrogen and oxygen atoms in total. The molecule has 1 aliphatic heterocycles. The maximum absolute atomic E-state index is 14.2. The fourth-order valence-corrected chi connectivity index (χ4v) is 5.99. The van der Waals surface area contributed by atoms with Crippen LogP contribution in [0.3, 0.4) is 0 Å². The smallest absolute Gasteiger partial charge is 0.254 e. The molecule has 5 rings (SSSR count). The van der Waals surface area contributed by atoms with Gasteiger partial charge >= 0.3 is 0 Å². The first kappa shape index (κ1) is 25.7. The van der Waals surface area contributed by atoms with E-state index in [-0.39, 0.29) is 17.4 Å². The summed E-state index contributed by atoms with van der Waals surface area (Å²) in [5, 5.41) is 6.46. The molecule has 1 amide bonds. The van der Waals surface area contributed by atoms with Gasteiger partial charge in [0.25, 0.3) is 5.91 Å². The van der Waals surface area contributed by atoms with Crippen molar-refractivity contribution in [3.63, 3.8) is 0 Å². The van der Waals surface area contributed by atoms with E-state index in [1.807, 2.05) is 45.1 Å². The highest BCUT2D eigenvalue weighted by Gasteiger charge is 2.49. The summed E-state index contributed by atoms with van der Waals surface area (Å²) in [7, 11) is 3.81. The number of hydrogen-bond acceptors (Lipinski definition) is 6. The van der Waals surface area contributed by atoms with E-state index in [0.29, 0.717) is 37.7 Å². The van der Waals surface area contributed by atoms with E-state index in [4.69, 9.17) is 11.3 Å². The Hall–Kier alpha value is -3.90. The average molecular weight is 514 g/mol. The standard InChI is InChI=1S/C29H35N7O2/c1-6-38-25-14-23(34-16-24(25)31-4)19(2)36-18-29(8-7-9-29)26-21(15-30-3)12-20(13-22(26)27(36)37)17-35-11-10-33-28(35)32-5/h10-14,16,19,30H,6-9,15,17-18H2,1-3,5H3,(H,32,33). The second kappa shape index (κ2) is 10.5. The molecule has 3 aromatic rings. The van der Waals surface area contributed by atoms with E-state index in [2.05, 4.69) is 42.1 Å². The number of rotatable bonds is 9. The second-order valence-electron chi connectivity index (χ2n) is 10.2. The molecular formula is C29H35N7O2. The Kier molecular flexibility index (Phi) is 7.09. The minimum absolute atomic E-state index is 0.0257. The number of nitrogens with one attached hydrogen (secondary N) is 2. The SMILES string of the molecule is [C-]#[N+]c1cnc(C(C)N2CC3(CCC3)c3c(CNC)cc(Cn4ccnc4NC)cc3C2=O)cc1OCC. The summed E-state index contributed by atoms with van der Waals surface area (Å²) >= 11 is 0. The van der Waals surface area contributed by atoms with Crippen molar-refractivity contribution in [1.82, 2.24) is 24.8 Å². The summed E-state index contributed by atoms with van der Waals surface area (Å²) in [6, 6.07) is 5.89.